The summed E-state index contributed by atoms with van der Waals surface area (Å²) in [5, 5.41) is 2.97. The van der Waals surface area contributed by atoms with Crippen LogP contribution in [-0.4, -0.2) is 36.0 Å². The Morgan fingerprint density at radius 3 is 2.75 bits per heavy atom. The lowest BCUT2D eigenvalue weighted by atomic mass is 9.99. The highest BCUT2D eigenvalue weighted by atomic mass is 16.1. The number of rotatable bonds is 5. The largest absolute Gasteiger partial charge is 0.354 e. The third-order valence-corrected chi connectivity index (χ3v) is 3.89. The molecule has 0 aromatic heterocycles. The van der Waals surface area contributed by atoms with E-state index in [0.717, 1.165) is 19.5 Å². The van der Waals surface area contributed by atoms with Crippen LogP contribution in [0.4, 0.5) is 0 Å². The predicted molar refractivity (Wildman–Crippen MR) is 81.3 cm³/mol. The zero-order valence-electron chi connectivity index (χ0n) is 12.4. The molecular formula is C16H25N3O. The summed E-state index contributed by atoms with van der Waals surface area (Å²) in [6.45, 7) is 6.74. The Labute approximate surface area is 121 Å². The van der Waals surface area contributed by atoms with E-state index in [1.807, 2.05) is 6.92 Å². The molecule has 1 amide bonds. The first-order valence-electron chi connectivity index (χ1n) is 7.39. The minimum Gasteiger partial charge on any atom is -0.354 e. The van der Waals surface area contributed by atoms with Gasteiger partial charge in [0.05, 0.1) is 0 Å². The molecule has 4 nitrogen and oxygen atoms in total. The van der Waals surface area contributed by atoms with Gasteiger partial charge in [0.15, 0.2) is 0 Å². The molecule has 1 aliphatic rings. The number of benzene rings is 1. The van der Waals surface area contributed by atoms with Crippen LogP contribution in [0.15, 0.2) is 24.3 Å². The summed E-state index contributed by atoms with van der Waals surface area (Å²) in [6.07, 6.45) is 1.49. The van der Waals surface area contributed by atoms with Crippen molar-refractivity contribution in [3.63, 3.8) is 0 Å². The van der Waals surface area contributed by atoms with Crippen molar-refractivity contribution in [2.24, 2.45) is 5.73 Å². The van der Waals surface area contributed by atoms with Crippen LogP contribution in [0.25, 0.3) is 0 Å². The Morgan fingerprint density at radius 1 is 1.35 bits per heavy atom. The average Bonchev–Trinajstić information content (AvgIpc) is 2.43. The van der Waals surface area contributed by atoms with Crippen molar-refractivity contribution in [3.8, 4) is 0 Å². The van der Waals surface area contributed by atoms with Gasteiger partial charge in [-0.05, 0) is 31.4 Å². The topological polar surface area (TPSA) is 58.4 Å². The van der Waals surface area contributed by atoms with Gasteiger partial charge in [-0.3, -0.25) is 9.69 Å². The van der Waals surface area contributed by atoms with Gasteiger partial charge in [-0.15, -0.1) is 0 Å². The lowest BCUT2D eigenvalue weighted by Crippen LogP contribution is -2.44. The number of hydrogen-bond donors (Lipinski definition) is 2. The first-order valence-corrected chi connectivity index (χ1v) is 7.39. The second-order valence-corrected chi connectivity index (χ2v) is 5.82. The molecule has 0 fully saturated rings. The van der Waals surface area contributed by atoms with Gasteiger partial charge >= 0.3 is 0 Å². The minimum atomic E-state index is -0.0767. The van der Waals surface area contributed by atoms with Crippen molar-refractivity contribution in [2.45, 2.75) is 45.3 Å². The molecule has 3 N–H and O–H groups in total. The summed E-state index contributed by atoms with van der Waals surface area (Å²) < 4.78 is 0. The molecule has 1 aliphatic heterocycles. The quantitative estimate of drug-likeness (QED) is 0.851. The molecule has 1 aromatic carbocycles. The Bertz CT molecular complexity index is 459. The summed E-state index contributed by atoms with van der Waals surface area (Å²) in [5.41, 5.74) is 8.49. The molecule has 0 aliphatic carbocycles. The normalized spacial score (nSPS) is 18.1. The molecule has 0 bridgehead atoms. The van der Waals surface area contributed by atoms with Crippen molar-refractivity contribution >= 4 is 5.91 Å². The summed E-state index contributed by atoms with van der Waals surface area (Å²) in [4.78, 5) is 14.1. The summed E-state index contributed by atoms with van der Waals surface area (Å²) in [7, 11) is 0. The molecule has 4 heteroatoms. The van der Waals surface area contributed by atoms with Gasteiger partial charge in [-0.25, -0.2) is 0 Å². The van der Waals surface area contributed by atoms with E-state index in [0.29, 0.717) is 19.0 Å². The van der Waals surface area contributed by atoms with E-state index >= 15 is 0 Å². The fourth-order valence-electron chi connectivity index (χ4n) is 2.65. The Kier molecular flexibility index (Phi) is 5.15. The monoisotopic (exact) mass is 275 g/mol. The molecule has 0 radical (unpaired) electrons. The van der Waals surface area contributed by atoms with Crippen LogP contribution in [0, 0.1) is 0 Å². The molecule has 0 spiro atoms. The Hall–Kier alpha value is -1.39. The van der Waals surface area contributed by atoms with E-state index in [1.54, 1.807) is 0 Å². The molecule has 1 aromatic rings. The molecule has 20 heavy (non-hydrogen) atoms. The molecule has 0 saturated heterocycles. The van der Waals surface area contributed by atoms with E-state index in [9.17, 15) is 4.79 Å². The molecule has 2 unspecified atom stereocenters. The minimum absolute atomic E-state index is 0.0456. The molecule has 1 heterocycles. The van der Waals surface area contributed by atoms with E-state index < -0.39 is 0 Å². The maximum atomic E-state index is 11.6. The van der Waals surface area contributed by atoms with Crippen molar-refractivity contribution in [1.82, 2.24) is 10.2 Å². The highest BCUT2D eigenvalue weighted by Crippen LogP contribution is 2.19. The van der Waals surface area contributed by atoms with Crippen molar-refractivity contribution in [2.75, 3.05) is 13.1 Å². The van der Waals surface area contributed by atoms with Gasteiger partial charge in [0, 0.05) is 38.1 Å². The lowest BCUT2D eigenvalue weighted by Gasteiger charge is -2.33. The summed E-state index contributed by atoms with van der Waals surface area (Å²) >= 11 is 0. The standard InChI is InChI=1S/C16H25N3O/c1-12(17)9-16(20)18-10-13(2)19-8-7-14-5-3-4-6-15(14)11-19/h3-6,12-13H,7-11,17H2,1-2H3,(H,18,20). The van der Waals surface area contributed by atoms with E-state index in [1.165, 1.54) is 11.1 Å². The van der Waals surface area contributed by atoms with Gasteiger partial charge in [0.25, 0.3) is 0 Å². The lowest BCUT2D eigenvalue weighted by molar-refractivity contribution is -0.121. The van der Waals surface area contributed by atoms with Crippen molar-refractivity contribution < 1.29 is 4.79 Å². The highest BCUT2D eigenvalue weighted by molar-refractivity contribution is 5.76. The van der Waals surface area contributed by atoms with Gasteiger partial charge in [-0.1, -0.05) is 24.3 Å². The summed E-state index contributed by atoms with van der Waals surface area (Å²) in [6, 6.07) is 8.88. The molecule has 2 rings (SSSR count). The van der Waals surface area contributed by atoms with Gasteiger partial charge in [0.2, 0.25) is 5.91 Å². The van der Waals surface area contributed by atoms with Crippen LogP contribution in [-0.2, 0) is 17.8 Å². The van der Waals surface area contributed by atoms with E-state index in [-0.39, 0.29) is 11.9 Å². The summed E-state index contributed by atoms with van der Waals surface area (Å²) in [5.74, 6) is 0.0456. The second kappa shape index (κ2) is 6.86. The molecule has 2 atom stereocenters. The number of nitrogens with two attached hydrogens (primary N) is 1. The number of carbonyl (C=O) groups excluding carboxylic acids is 1. The van der Waals surface area contributed by atoms with E-state index in [2.05, 4.69) is 41.4 Å². The fraction of sp³-hybridized carbons (Fsp3) is 0.562. The van der Waals surface area contributed by atoms with Crippen LogP contribution in [0.5, 0.6) is 0 Å². The Balaban J connectivity index is 1.82. The predicted octanol–water partition coefficient (Wildman–Crippen LogP) is 1.29. The molecule has 110 valence electrons. The molecular weight excluding hydrogens is 250 g/mol. The van der Waals surface area contributed by atoms with E-state index in [4.69, 9.17) is 5.73 Å². The number of fused-ring (bicyclic) bond motifs is 1. The first kappa shape index (κ1) is 15.0. The fourth-order valence-corrected chi connectivity index (χ4v) is 2.65. The number of hydrogen-bond acceptors (Lipinski definition) is 3. The van der Waals surface area contributed by atoms with Crippen molar-refractivity contribution in [1.29, 1.82) is 0 Å². The van der Waals surface area contributed by atoms with Crippen LogP contribution >= 0.6 is 0 Å². The van der Waals surface area contributed by atoms with Crippen LogP contribution < -0.4 is 11.1 Å². The third-order valence-electron chi connectivity index (χ3n) is 3.89. The first-order chi connectivity index (χ1) is 9.56. The number of nitrogens with one attached hydrogen (secondary N) is 1. The second-order valence-electron chi connectivity index (χ2n) is 5.82. The zero-order valence-corrected chi connectivity index (χ0v) is 12.4. The Morgan fingerprint density at radius 2 is 2.05 bits per heavy atom. The number of amides is 1. The maximum Gasteiger partial charge on any atom is 0.221 e. The van der Waals surface area contributed by atoms with Gasteiger partial charge in [-0.2, -0.15) is 0 Å². The third kappa shape index (κ3) is 4.05. The SMILES string of the molecule is CC(N)CC(=O)NCC(C)N1CCc2ccccc2C1. The maximum absolute atomic E-state index is 11.6. The van der Waals surface area contributed by atoms with Gasteiger partial charge < -0.3 is 11.1 Å². The highest BCUT2D eigenvalue weighted by Gasteiger charge is 2.20. The van der Waals surface area contributed by atoms with Gasteiger partial charge in [0.1, 0.15) is 0 Å². The zero-order chi connectivity index (χ0) is 14.5. The average molecular weight is 275 g/mol. The smallest absolute Gasteiger partial charge is 0.221 e. The number of carbonyl (C=O) groups is 1. The number of nitrogens with zero attached hydrogens (tertiary/aromatic N) is 1. The van der Waals surface area contributed by atoms with Crippen LogP contribution in [0.3, 0.4) is 0 Å². The van der Waals surface area contributed by atoms with Crippen LogP contribution in [0.1, 0.15) is 31.4 Å². The van der Waals surface area contributed by atoms with Crippen molar-refractivity contribution in [3.05, 3.63) is 35.4 Å². The van der Waals surface area contributed by atoms with Crippen LogP contribution in [0.2, 0.25) is 0 Å². The molecule has 0 saturated carbocycles.